The summed E-state index contributed by atoms with van der Waals surface area (Å²) in [5, 5.41) is 5.17. The SMILES string of the molecule is CCCCNS(=O)(=O)c1cccc(NC(=O)CNC(=O)c2ccc(C)c(C)c2)c1. The van der Waals surface area contributed by atoms with E-state index in [-0.39, 0.29) is 17.3 Å². The average molecular weight is 418 g/mol. The summed E-state index contributed by atoms with van der Waals surface area (Å²) in [6.45, 7) is 5.98. The van der Waals surface area contributed by atoms with Crippen LogP contribution in [0, 0.1) is 13.8 Å². The zero-order valence-corrected chi connectivity index (χ0v) is 17.7. The lowest BCUT2D eigenvalue weighted by Crippen LogP contribution is -2.33. The van der Waals surface area contributed by atoms with Gasteiger partial charge in [-0.3, -0.25) is 9.59 Å². The molecule has 0 bridgehead atoms. The van der Waals surface area contributed by atoms with E-state index >= 15 is 0 Å². The third-order valence-corrected chi connectivity index (χ3v) is 5.89. The standard InChI is InChI=1S/C21H27N3O4S/c1-4-5-11-23-29(27,28)19-8-6-7-18(13-19)24-20(25)14-22-21(26)17-10-9-15(2)16(3)12-17/h6-10,12-13,23H,4-5,11,14H2,1-3H3,(H,22,26)(H,24,25). The minimum Gasteiger partial charge on any atom is -0.343 e. The summed E-state index contributed by atoms with van der Waals surface area (Å²) in [5.74, 6) is -0.796. The Morgan fingerprint density at radius 1 is 1.00 bits per heavy atom. The maximum atomic E-state index is 12.3. The highest BCUT2D eigenvalue weighted by atomic mass is 32.2. The molecule has 0 unspecified atom stereocenters. The first-order chi connectivity index (χ1) is 13.7. The van der Waals surface area contributed by atoms with Gasteiger partial charge in [0.15, 0.2) is 0 Å². The van der Waals surface area contributed by atoms with Gasteiger partial charge in [0.25, 0.3) is 5.91 Å². The topological polar surface area (TPSA) is 104 Å². The van der Waals surface area contributed by atoms with Crippen LogP contribution < -0.4 is 15.4 Å². The molecule has 8 heteroatoms. The van der Waals surface area contributed by atoms with Gasteiger partial charge in [-0.2, -0.15) is 0 Å². The fourth-order valence-corrected chi connectivity index (χ4v) is 3.68. The van der Waals surface area contributed by atoms with Gasteiger partial charge in [-0.05, 0) is 61.7 Å². The van der Waals surface area contributed by atoms with Crippen molar-refractivity contribution in [1.82, 2.24) is 10.0 Å². The number of anilines is 1. The third kappa shape index (κ3) is 6.69. The van der Waals surface area contributed by atoms with Crippen LogP contribution in [-0.4, -0.2) is 33.3 Å². The van der Waals surface area contributed by atoms with Crippen molar-refractivity contribution in [1.29, 1.82) is 0 Å². The summed E-state index contributed by atoms with van der Waals surface area (Å²) >= 11 is 0. The second-order valence-corrected chi connectivity index (χ2v) is 8.58. The van der Waals surface area contributed by atoms with Crippen molar-refractivity contribution in [3.05, 3.63) is 59.2 Å². The Labute approximate surface area is 172 Å². The lowest BCUT2D eigenvalue weighted by atomic mass is 10.1. The van der Waals surface area contributed by atoms with Gasteiger partial charge in [-0.25, -0.2) is 13.1 Å². The Morgan fingerprint density at radius 2 is 1.76 bits per heavy atom. The van der Waals surface area contributed by atoms with Crippen LogP contribution in [0.3, 0.4) is 0 Å². The third-order valence-electron chi connectivity index (χ3n) is 4.43. The van der Waals surface area contributed by atoms with E-state index in [0.717, 1.165) is 24.0 Å². The van der Waals surface area contributed by atoms with Crippen molar-refractivity contribution in [3.8, 4) is 0 Å². The van der Waals surface area contributed by atoms with E-state index in [9.17, 15) is 18.0 Å². The molecule has 0 fully saturated rings. The normalized spacial score (nSPS) is 11.1. The molecule has 0 heterocycles. The smallest absolute Gasteiger partial charge is 0.251 e. The predicted octanol–water partition coefficient (Wildman–Crippen LogP) is 2.75. The molecule has 0 saturated heterocycles. The minimum atomic E-state index is -3.63. The van der Waals surface area contributed by atoms with E-state index in [1.54, 1.807) is 24.3 Å². The highest BCUT2D eigenvalue weighted by molar-refractivity contribution is 7.89. The molecule has 0 aliphatic carbocycles. The molecule has 2 rings (SSSR count). The van der Waals surface area contributed by atoms with Crippen LogP contribution >= 0.6 is 0 Å². The molecule has 2 aromatic rings. The van der Waals surface area contributed by atoms with Gasteiger partial charge >= 0.3 is 0 Å². The number of sulfonamides is 1. The molecule has 156 valence electrons. The highest BCUT2D eigenvalue weighted by Gasteiger charge is 2.14. The number of amides is 2. The molecule has 2 amide bonds. The van der Waals surface area contributed by atoms with Crippen molar-refractivity contribution >= 4 is 27.5 Å². The molecule has 0 aliphatic heterocycles. The van der Waals surface area contributed by atoms with Crippen LogP contribution in [0.15, 0.2) is 47.4 Å². The van der Waals surface area contributed by atoms with Crippen molar-refractivity contribution in [2.45, 2.75) is 38.5 Å². The molecule has 0 aromatic heterocycles. The summed E-state index contributed by atoms with van der Waals surface area (Å²) in [6.07, 6.45) is 1.63. The lowest BCUT2D eigenvalue weighted by molar-refractivity contribution is -0.115. The molecule has 0 saturated carbocycles. The summed E-state index contributed by atoms with van der Waals surface area (Å²) in [4.78, 5) is 24.4. The Bertz CT molecular complexity index is 987. The molecule has 0 spiro atoms. The number of rotatable bonds is 9. The van der Waals surface area contributed by atoms with Crippen molar-refractivity contribution in [3.63, 3.8) is 0 Å². The first-order valence-electron chi connectivity index (χ1n) is 9.48. The van der Waals surface area contributed by atoms with E-state index < -0.39 is 15.9 Å². The van der Waals surface area contributed by atoms with Crippen LogP contribution in [0.1, 0.15) is 41.3 Å². The van der Waals surface area contributed by atoms with Crippen molar-refractivity contribution in [2.24, 2.45) is 0 Å². The molecule has 0 aliphatic rings. The zero-order chi connectivity index (χ0) is 21.4. The van der Waals surface area contributed by atoms with E-state index in [1.807, 2.05) is 26.8 Å². The zero-order valence-electron chi connectivity index (χ0n) is 16.9. The van der Waals surface area contributed by atoms with Gasteiger partial charge in [-0.15, -0.1) is 0 Å². The number of nitrogens with one attached hydrogen (secondary N) is 3. The lowest BCUT2D eigenvalue weighted by Gasteiger charge is -2.10. The van der Waals surface area contributed by atoms with Gasteiger partial charge in [0.1, 0.15) is 0 Å². The van der Waals surface area contributed by atoms with Gasteiger partial charge in [-0.1, -0.05) is 25.5 Å². The fraction of sp³-hybridized carbons (Fsp3) is 0.333. The number of hydrogen-bond acceptors (Lipinski definition) is 4. The second kappa shape index (κ2) is 10.2. The number of aryl methyl sites for hydroxylation is 2. The van der Waals surface area contributed by atoms with Crippen molar-refractivity contribution < 1.29 is 18.0 Å². The molecule has 0 radical (unpaired) electrons. The molecule has 3 N–H and O–H groups in total. The predicted molar refractivity (Wildman–Crippen MR) is 113 cm³/mol. The summed E-state index contributed by atoms with van der Waals surface area (Å²) in [6, 6.07) is 11.3. The minimum absolute atomic E-state index is 0.0746. The quantitative estimate of drug-likeness (QED) is 0.546. The van der Waals surface area contributed by atoms with E-state index in [0.29, 0.717) is 17.8 Å². The molecule has 0 atom stereocenters. The fourth-order valence-electron chi connectivity index (χ4n) is 2.56. The summed E-state index contributed by atoms with van der Waals surface area (Å²) in [5.41, 5.74) is 2.90. The van der Waals surface area contributed by atoms with Gasteiger partial charge in [0.2, 0.25) is 15.9 Å². The van der Waals surface area contributed by atoms with Crippen molar-refractivity contribution in [2.75, 3.05) is 18.4 Å². The Kier molecular flexibility index (Phi) is 7.92. The maximum absolute atomic E-state index is 12.3. The maximum Gasteiger partial charge on any atom is 0.251 e. The molecule has 29 heavy (non-hydrogen) atoms. The first-order valence-corrected chi connectivity index (χ1v) is 11.0. The number of carbonyl (C=O) groups excluding carboxylic acids is 2. The van der Waals surface area contributed by atoms with Crippen LogP contribution in [-0.2, 0) is 14.8 Å². The monoisotopic (exact) mass is 417 g/mol. The van der Waals surface area contributed by atoms with E-state index in [2.05, 4.69) is 15.4 Å². The van der Waals surface area contributed by atoms with E-state index in [1.165, 1.54) is 12.1 Å². The van der Waals surface area contributed by atoms with Crippen LogP contribution in [0.4, 0.5) is 5.69 Å². The Morgan fingerprint density at radius 3 is 2.45 bits per heavy atom. The van der Waals surface area contributed by atoms with E-state index in [4.69, 9.17) is 0 Å². The molecular weight excluding hydrogens is 390 g/mol. The molecule has 7 nitrogen and oxygen atoms in total. The molecule has 2 aromatic carbocycles. The highest BCUT2D eigenvalue weighted by Crippen LogP contribution is 2.15. The number of carbonyl (C=O) groups is 2. The molecular formula is C21H27N3O4S. The average Bonchev–Trinajstić information content (AvgIpc) is 2.68. The number of hydrogen-bond donors (Lipinski definition) is 3. The van der Waals surface area contributed by atoms with Crippen LogP contribution in [0.25, 0.3) is 0 Å². The Hall–Kier alpha value is -2.71. The van der Waals surface area contributed by atoms with Crippen LogP contribution in [0.5, 0.6) is 0 Å². The van der Waals surface area contributed by atoms with Gasteiger partial charge in [0.05, 0.1) is 11.4 Å². The second-order valence-electron chi connectivity index (χ2n) is 6.81. The van der Waals surface area contributed by atoms with Crippen LogP contribution in [0.2, 0.25) is 0 Å². The van der Waals surface area contributed by atoms with Gasteiger partial charge < -0.3 is 10.6 Å². The first kappa shape index (κ1) is 22.6. The summed E-state index contributed by atoms with van der Waals surface area (Å²) < 4.78 is 27.1. The van der Waals surface area contributed by atoms with Gasteiger partial charge in [0, 0.05) is 17.8 Å². The summed E-state index contributed by atoms with van der Waals surface area (Å²) in [7, 11) is -3.63. The largest absolute Gasteiger partial charge is 0.343 e. The number of unbranched alkanes of at least 4 members (excludes halogenated alkanes) is 1. The number of benzene rings is 2. The Balaban J connectivity index is 1.95.